The minimum atomic E-state index is -3.18. The van der Waals surface area contributed by atoms with Gasteiger partial charge in [0.15, 0.2) is 0 Å². The summed E-state index contributed by atoms with van der Waals surface area (Å²) in [5, 5.41) is 0.814. The average molecular weight is 425 g/mol. The maximum absolute atomic E-state index is 13.3. The Bertz CT molecular complexity index is 1030. The first-order valence-electron chi connectivity index (χ1n) is 10.2. The van der Waals surface area contributed by atoms with Crippen molar-refractivity contribution in [3.63, 3.8) is 0 Å². The smallest absolute Gasteiger partial charge is 0.263 e. The van der Waals surface area contributed by atoms with Crippen LogP contribution >= 0.6 is 11.3 Å². The molecule has 0 atom stereocenters. The summed E-state index contributed by atoms with van der Waals surface area (Å²) in [6.45, 7) is 6.43. The van der Waals surface area contributed by atoms with E-state index in [1.165, 1.54) is 16.9 Å². The normalized spacial score (nSPS) is 18.6. The van der Waals surface area contributed by atoms with Gasteiger partial charge >= 0.3 is 0 Å². The van der Waals surface area contributed by atoms with Gasteiger partial charge in [-0.2, -0.15) is 4.31 Å². The molecule has 1 aliphatic heterocycles. The standard InChI is InChI=1S/C19H28N4O3S2/c1-3-13-28(25,26)22-11-9-21(10-12-22)19-20-17-16(18(24)23(19)4-2)14-7-5-6-8-15(14)27-17/h3-13H2,1-2H3. The lowest BCUT2D eigenvalue weighted by Crippen LogP contribution is -2.50. The molecule has 1 fully saturated rings. The summed E-state index contributed by atoms with van der Waals surface area (Å²) in [7, 11) is -3.18. The molecule has 28 heavy (non-hydrogen) atoms. The quantitative estimate of drug-likeness (QED) is 0.736. The molecule has 4 rings (SSSR count). The van der Waals surface area contributed by atoms with Crippen molar-refractivity contribution in [2.75, 3.05) is 36.8 Å². The molecule has 2 aliphatic rings. The predicted molar refractivity (Wildman–Crippen MR) is 114 cm³/mol. The summed E-state index contributed by atoms with van der Waals surface area (Å²) in [5.74, 6) is 0.878. The van der Waals surface area contributed by atoms with Gasteiger partial charge in [-0.25, -0.2) is 13.4 Å². The van der Waals surface area contributed by atoms with Gasteiger partial charge in [0.2, 0.25) is 16.0 Å². The molecule has 154 valence electrons. The predicted octanol–water partition coefficient (Wildman–Crippen LogP) is 2.22. The third-order valence-electron chi connectivity index (χ3n) is 5.75. The molecule has 0 radical (unpaired) electrons. The largest absolute Gasteiger partial charge is 0.339 e. The molecule has 0 aromatic carbocycles. The van der Waals surface area contributed by atoms with Crippen LogP contribution in [0.1, 0.15) is 43.6 Å². The van der Waals surface area contributed by atoms with Crippen molar-refractivity contribution in [3.05, 3.63) is 20.8 Å². The van der Waals surface area contributed by atoms with Crippen LogP contribution in [0.5, 0.6) is 0 Å². The van der Waals surface area contributed by atoms with E-state index in [4.69, 9.17) is 4.98 Å². The Hall–Kier alpha value is -1.45. The lowest BCUT2D eigenvalue weighted by Gasteiger charge is -2.35. The zero-order chi connectivity index (χ0) is 19.9. The Labute approximate surface area is 170 Å². The minimum absolute atomic E-state index is 0.0583. The maximum atomic E-state index is 13.3. The molecule has 1 saturated heterocycles. The van der Waals surface area contributed by atoms with Gasteiger partial charge < -0.3 is 4.90 Å². The van der Waals surface area contributed by atoms with Crippen LogP contribution in [-0.2, 0) is 29.4 Å². The Balaban J connectivity index is 1.67. The molecule has 2 aromatic rings. The van der Waals surface area contributed by atoms with Gasteiger partial charge in [0, 0.05) is 37.6 Å². The monoisotopic (exact) mass is 424 g/mol. The summed E-state index contributed by atoms with van der Waals surface area (Å²) in [4.78, 5) is 22.4. The Morgan fingerprint density at radius 1 is 1.07 bits per heavy atom. The lowest BCUT2D eigenvalue weighted by molar-refractivity contribution is 0.380. The van der Waals surface area contributed by atoms with Crippen LogP contribution in [-0.4, -0.2) is 54.2 Å². The molecule has 1 aliphatic carbocycles. The van der Waals surface area contributed by atoms with E-state index in [2.05, 4.69) is 4.90 Å². The molecule has 9 heteroatoms. The Kier molecular flexibility index (Phi) is 5.50. The second-order valence-electron chi connectivity index (χ2n) is 7.55. The molecule has 0 bridgehead atoms. The Morgan fingerprint density at radius 3 is 2.46 bits per heavy atom. The van der Waals surface area contributed by atoms with Crippen molar-refractivity contribution in [1.82, 2.24) is 13.9 Å². The van der Waals surface area contributed by atoms with Crippen LogP contribution in [0, 0.1) is 0 Å². The van der Waals surface area contributed by atoms with E-state index in [9.17, 15) is 13.2 Å². The first-order chi connectivity index (χ1) is 13.5. The molecule has 3 heterocycles. The van der Waals surface area contributed by atoms with Crippen LogP contribution in [0.4, 0.5) is 5.95 Å². The van der Waals surface area contributed by atoms with Gasteiger partial charge in [-0.1, -0.05) is 6.92 Å². The first-order valence-corrected chi connectivity index (χ1v) is 12.7. The summed E-state index contributed by atoms with van der Waals surface area (Å²) < 4.78 is 28.0. The molecule has 0 saturated carbocycles. The summed E-state index contributed by atoms with van der Waals surface area (Å²) in [5.41, 5.74) is 1.27. The lowest BCUT2D eigenvalue weighted by atomic mass is 9.97. The number of anilines is 1. The highest BCUT2D eigenvalue weighted by molar-refractivity contribution is 7.89. The number of aryl methyl sites for hydroxylation is 2. The summed E-state index contributed by atoms with van der Waals surface area (Å²) >= 11 is 1.67. The van der Waals surface area contributed by atoms with Crippen molar-refractivity contribution in [2.45, 2.75) is 52.5 Å². The number of sulfonamides is 1. The molecule has 0 amide bonds. The van der Waals surface area contributed by atoms with Crippen molar-refractivity contribution in [1.29, 1.82) is 0 Å². The van der Waals surface area contributed by atoms with Crippen LogP contribution in [0.15, 0.2) is 4.79 Å². The third kappa shape index (κ3) is 3.37. The summed E-state index contributed by atoms with van der Waals surface area (Å²) in [6.07, 6.45) is 4.97. The van der Waals surface area contributed by atoms with Gasteiger partial charge in [0.25, 0.3) is 5.56 Å². The molecule has 0 N–H and O–H groups in total. The number of hydrogen-bond acceptors (Lipinski definition) is 6. The highest BCUT2D eigenvalue weighted by atomic mass is 32.2. The number of fused-ring (bicyclic) bond motifs is 3. The fourth-order valence-corrected chi connectivity index (χ4v) is 7.05. The van der Waals surface area contributed by atoms with Crippen LogP contribution < -0.4 is 10.5 Å². The highest BCUT2D eigenvalue weighted by Crippen LogP contribution is 2.34. The zero-order valence-corrected chi connectivity index (χ0v) is 18.2. The highest BCUT2D eigenvalue weighted by Gasteiger charge is 2.29. The molecular weight excluding hydrogens is 396 g/mol. The molecule has 7 nitrogen and oxygen atoms in total. The van der Waals surface area contributed by atoms with E-state index in [0.29, 0.717) is 45.1 Å². The van der Waals surface area contributed by atoms with E-state index in [0.717, 1.165) is 29.5 Å². The number of thiophene rings is 1. The second-order valence-corrected chi connectivity index (χ2v) is 10.7. The molecular formula is C19H28N4O3S2. The fourth-order valence-electron chi connectivity index (χ4n) is 4.31. The number of hydrogen-bond donors (Lipinski definition) is 0. The van der Waals surface area contributed by atoms with Crippen molar-refractivity contribution >= 4 is 37.5 Å². The summed E-state index contributed by atoms with van der Waals surface area (Å²) in [6, 6.07) is 0. The second kappa shape index (κ2) is 7.76. The van der Waals surface area contributed by atoms with Crippen molar-refractivity contribution in [3.8, 4) is 0 Å². The van der Waals surface area contributed by atoms with Crippen LogP contribution in [0.3, 0.4) is 0 Å². The van der Waals surface area contributed by atoms with Crippen LogP contribution in [0.25, 0.3) is 10.2 Å². The van der Waals surface area contributed by atoms with E-state index >= 15 is 0 Å². The maximum Gasteiger partial charge on any atom is 0.263 e. The number of piperazine rings is 1. The van der Waals surface area contributed by atoms with E-state index in [-0.39, 0.29) is 11.3 Å². The molecule has 2 aromatic heterocycles. The van der Waals surface area contributed by atoms with Gasteiger partial charge in [-0.3, -0.25) is 9.36 Å². The van der Waals surface area contributed by atoms with Gasteiger partial charge in [0.05, 0.1) is 11.1 Å². The minimum Gasteiger partial charge on any atom is -0.339 e. The van der Waals surface area contributed by atoms with Gasteiger partial charge in [-0.15, -0.1) is 11.3 Å². The fraction of sp³-hybridized carbons (Fsp3) is 0.684. The number of aromatic nitrogens is 2. The molecule has 0 unspecified atom stereocenters. The van der Waals surface area contributed by atoms with Gasteiger partial charge in [0.1, 0.15) is 4.83 Å². The van der Waals surface area contributed by atoms with E-state index < -0.39 is 10.0 Å². The third-order valence-corrected chi connectivity index (χ3v) is 9.01. The van der Waals surface area contributed by atoms with E-state index in [1.54, 1.807) is 20.2 Å². The number of nitrogens with zero attached hydrogens (tertiary/aromatic N) is 4. The zero-order valence-electron chi connectivity index (χ0n) is 16.6. The SMILES string of the molecule is CCCS(=O)(=O)N1CCN(c2nc3sc4c(c3c(=O)n2CC)CCCC4)CC1. The first kappa shape index (κ1) is 19.8. The topological polar surface area (TPSA) is 75.5 Å². The van der Waals surface area contributed by atoms with Gasteiger partial charge in [-0.05, 0) is 44.6 Å². The van der Waals surface area contributed by atoms with E-state index in [1.807, 2.05) is 13.8 Å². The average Bonchev–Trinajstić information content (AvgIpc) is 3.06. The van der Waals surface area contributed by atoms with Crippen molar-refractivity contribution < 1.29 is 8.42 Å². The molecule has 0 spiro atoms. The Morgan fingerprint density at radius 2 is 1.79 bits per heavy atom. The number of rotatable bonds is 5. The van der Waals surface area contributed by atoms with Crippen molar-refractivity contribution in [2.24, 2.45) is 0 Å². The van der Waals surface area contributed by atoms with Crippen LogP contribution in [0.2, 0.25) is 0 Å².